The SMILES string of the molecule is Cc1nccn1CCN1CCC2(CC1)COC1c3ccc(Cl)cc3OC(C)(C)C1C2.Cc1nccn1CCN1CCC2(CC1)COC1c3ccc(Cl)cc3OC(C)(C)C1C2.O=CO/C=C/C(=O)O. The molecule has 0 radical (unpaired) electrons. The minimum Gasteiger partial charge on any atom is -0.487 e. The number of fused-ring (bicyclic) bond motifs is 6. The Kier molecular flexibility index (Phi) is 15.3. The van der Waals surface area contributed by atoms with Gasteiger partial charge in [0.1, 0.15) is 40.6 Å². The summed E-state index contributed by atoms with van der Waals surface area (Å²) in [5.41, 5.74) is 2.34. The summed E-state index contributed by atoms with van der Waals surface area (Å²) in [6.45, 7) is 23.6. The van der Waals surface area contributed by atoms with Crippen LogP contribution in [0.3, 0.4) is 0 Å². The number of halogens is 2. The molecule has 2 aromatic heterocycles. The van der Waals surface area contributed by atoms with E-state index in [1.54, 1.807) is 0 Å². The van der Waals surface area contributed by atoms with Crippen LogP contribution in [0.2, 0.25) is 10.0 Å². The fraction of sp³-hybridized carbons (Fsp3) is 0.577. The molecular formula is C52H68Cl2N6O8. The number of aliphatic carboxylic acids is 1. The van der Waals surface area contributed by atoms with Gasteiger partial charge in [0, 0.05) is 84.0 Å². The largest absolute Gasteiger partial charge is 0.487 e. The molecule has 2 aromatic carbocycles. The van der Waals surface area contributed by atoms with E-state index in [0.29, 0.717) is 28.0 Å². The number of aryl methyl sites for hydroxylation is 2. The van der Waals surface area contributed by atoms with Gasteiger partial charge in [-0.15, -0.1) is 0 Å². The van der Waals surface area contributed by atoms with Crippen molar-refractivity contribution < 1.29 is 38.4 Å². The van der Waals surface area contributed by atoms with Crippen LogP contribution in [0.15, 0.2) is 73.5 Å². The molecule has 10 rings (SSSR count). The summed E-state index contributed by atoms with van der Waals surface area (Å²) < 4.78 is 34.4. The van der Waals surface area contributed by atoms with Gasteiger partial charge in [-0.25, -0.2) is 14.8 Å². The predicted molar refractivity (Wildman–Crippen MR) is 260 cm³/mol. The van der Waals surface area contributed by atoms with E-state index in [1.165, 1.54) is 38.5 Å². The van der Waals surface area contributed by atoms with Crippen molar-refractivity contribution in [3.8, 4) is 11.5 Å². The lowest BCUT2D eigenvalue weighted by atomic mass is 9.64. The van der Waals surface area contributed by atoms with E-state index in [4.69, 9.17) is 47.3 Å². The number of nitrogens with zero attached hydrogens (tertiary/aromatic N) is 6. The zero-order valence-corrected chi connectivity index (χ0v) is 41.9. The average molecular weight is 976 g/mol. The minimum absolute atomic E-state index is 0.105. The van der Waals surface area contributed by atoms with Gasteiger partial charge in [-0.2, -0.15) is 0 Å². The van der Waals surface area contributed by atoms with Crippen LogP contribution in [0.1, 0.15) is 101 Å². The Labute approximate surface area is 410 Å². The third-order valence-electron chi connectivity index (χ3n) is 15.6. The Morgan fingerprint density at radius 1 is 0.721 bits per heavy atom. The molecule has 68 heavy (non-hydrogen) atoms. The molecule has 4 saturated heterocycles. The van der Waals surface area contributed by atoms with Gasteiger partial charge < -0.3 is 47.7 Å². The van der Waals surface area contributed by atoms with Crippen LogP contribution in [0, 0.1) is 36.5 Å². The maximum absolute atomic E-state index is 9.59. The maximum atomic E-state index is 9.59. The minimum atomic E-state index is -1.15. The van der Waals surface area contributed by atoms with Gasteiger partial charge in [0.15, 0.2) is 0 Å². The van der Waals surface area contributed by atoms with Gasteiger partial charge in [-0.1, -0.05) is 35.3 Å². The van der Waals surface area contributed by atoms with Gasteiger partial charge in [-0.3, -0.25) is 4.79 Å². The highest BCUT2D eigenvalue weighted by atomic mass is 35.5. The van der Waals surface area contributed by atoms with Gasteiger partial charge >= 0.3 is 5.97 Å². The molecule has 0 bridgehead atoms. The van der Waals surface area contributed by atoms with Gasteiger partial charge in [0.25, 0.3) is 6.47 Å². The van der Waals surface area contributed by atoms with Crippen LogP contribution < -0.4 is 9.47 Å². The molecule has 4 aromatic rings. The first-order valence-corrected chi connectivity index (χ1v) is 24.8. The zero-order chi connectivity index (χ0) is 48.3. The molecule has 16 heteroatoms. The van der Waals surface area contributed by atoms with E-state index >= 15 is 0 Å². The summed E-state index contributed by atoms with van der Waals surface area (Å²) in [5, 5.41) is 9.29. The molecule has 0 amide bonds. The number of hydrogen-bond acceptors (Lipinski definition) is 11. The van der Waals surface area contributed by atoms with E-state index in [9.17, 15) is 9.59 Å². The molecule has 4 fully saturated rings. The van der Waals surface area contributed by atoms with Crippen molar-refractivity contribution >= 4 is 35.6 Å². The lowest BCUT2D eigenvalue weighted by Crippen LogP contribution is -2.54. The standard InChI is InChI=1S/2C24H32ClN3O2.C4H4O4/c2*1-17-26-8-11-28(17)13-12-27-9-6-24(7-10-27)15-20-22(29-16-24)19-5-4-18(25)14-21(19)30-23(20,2)3;5-3-8-2-1-4(6)7/h2*4-5,8,11,14,20,22H,6-7,9-10,12-13,15-16H2,1-3H3;1-3H,(H,6,7)/b;;2-1+. The highest BCUT2D eigenvalue weighted by molar-refractivity contribution is 6.31. The summed E-state index contributed by atoms with van der Waals surface area (Å²) in [5.74, 6) is 3.53. The maximum Gasteiger partial charge on any atom is 0.331 e. The van der Waals surface area contributed by atoms with E-state index < -0.39 is 5.97 Å². The number of aromatic nitrogens is 4. The van der Waals surface area contributed by atoms with Crippen molar-refractivity contribution in [3.63, 3.8) is 0 Å². The number of hydrogen-bond donors (Lipinski definition) is 1. The van der Waals surface area contributed by atoms with Crippen LogP contribution in [-0.4, -0.2) is 110 Å². The molecule has 6 aliphatic heterocycles. The number of carboxylic acid groups (broad SMARTS) is 1. The molecule has 6 aliphatic rings. The van der Waals surface area contributed by atoms with Crippen molar-refractivity contribution in [2.45, 2.75) is 117 Å². The summed E-state index contributed by atoms with van der Waals surface area (Å²) in [7, 11) is 0. The van der Waals surface area contributed by atoms with Crippen LogP contribution in [0.4, 0.5) is 0 Å². The number of likely N-dealkylation sites (tertiary alicyclic amines) is 2. The molecule has 0 aliphatic carbocycles. The van der Waals surface area contributed by atoms with Crippen molar-refractivity contribution in [2.24, 2.45) is 22.7 Å². The third kappa shape index (κ3) is 11.4. The monoisotopic (exact) mass is 974 g/mol. The Balaban J connectivity index is 0.000000159. The van der Waals surface area contributed by atoms with E-state index in [-0.39, 0.29) is 40.7 Å². The second-order valence-corrected chi connectivity index (χ2v) is 21.6. The lowest BCUT2D eigenvalue weighted by Gasteiger charge is -2.54. The second kappa shape index (κ2) is 20.9. The van der Waals surface area contributed by atoms with Crippen LogP contribution >= 0.6 is 23.2 Å². The smallest absolute Gasteiger partial charge is 0.331 e. The number of carboxylic acids is 1. The highest BCUT2D eigenvalue weighted by Crippen LogP contribution is 2.57. The molecule has 4 atom stereocenters. The molecule has 1 N–H and O–H groups in total. The Morgan fingerprint density at radius 2 is 1.15 bits per heavy atom. The topological polar surface area (TPSA) is 143 Å². The number of piperidine rings is 2. The fourth-order valence-corrected chi connectivity index (χ4v) is 11.7. The van der Waals surface area contributed by atoms with E-state index in [1.807, 2.05) is 36.7 Å². The van der Waals surface area contributed by atoms with Crippen LogP contribution in [0.5, 0.6) is 11.5 Å². The summed E-state index contributed by atoms with van der Waals surface area (Å²) in [6, 6.07) is 11.9. The van der Waals surface area contributed by atoms with Crippen LogP contribution in [-0.2, 0) is 36.9 Å². The highest BCUT2D eigenvalue weighted by Gasteiger charge is 2.54. The normalized spacial score (nSPS) is 25.2. The first-order valence-electron chi connectivity index (χ1n) is 24.1. The average Bonchev–Trinajstić information content (AvgIpc) is 3.92. The molecule has 2 spiro atoms. The number of ether oxygens (including phenoxy) is 5. The number of rotatable bonds is 9. The van der Waals surface area contributed by atoms with Crippen molar-refractivity contribution in [1.29, 1.82) is 0 Å². The molecular weight excluding hydrogens is 908 g/mol. The van der Waals surface area contributed by atoms with Gasteiger partial charge in [-0.05, 0) is 141 Å². The van der Waals surface area contributed by atoms with Crippen molar-refractivity contribution in [1.82, 2.24) is 28.9 Å². The number of imidazole rings is 2. The molecule has 14 nitrogen and oxygen atoms in total. The third-order valence-corrected chi connectivity index (χ3v) is 16.1. The molecule has 368 valence electrons. The van der Waals surface area contributed by atoms with E-state index in [0.717, 1.165) is 106 Å². The number of carbonyl (C=O) groups excluding carboxylic acids is 1. The summed E-state index contributed by atoms with van der Waals surface area (Å²) >= 11 is 12.4. The predicted octanol–water partition coefficient (Wildman–Crippen LogP) is 9.51. The Hall–Kier alpha value is -4.44. The number of benzene rings is 2. The summed E-state index contributed by atoms with van der Waals surface area (Å²) in [6.07, 6.45) is 16.8. The number of carbonyl (C=O) groups is 2. The van der Waals surface area contributed by atoms with Crippen molar-refractivity contribution in [2.75, 3.05) is 52.5 Å². The van der Waals surface area contributed by atoms with Gasteiger partial charge in [0.2, 0.25) is 0 Å². The lowest BCUT2D eigenvalue weighted by molar-refractivity contribution is -0.174. The summed E-state index contributed by atoms with van der Waals surface area (Å²) in [4.78, 5) is 32.8. The molecule has 8 heterocycles. The molecule has 0 saturated carbocycles. The molecule has 4 unspecified atom stereocenters. The van der Waals surface area contributed by atoms with Crippen LogP contribution in [0.25, 0.3) is 0 Å². The first kappa shape index (κ1) is 50.0. The zero-order valence-electron chi connectivity index (χ0n) is 40.4. The first-order chi connectivity index (χ1) is 32.5. The Bertz CT molecular complexity index is 2250. The van der Waals surface area contributed by atoms with Crippen molar-refractivity contribution in [3.05, 3.63) is 106 Å². The fourth-order valence-electron chi connectivity index (χ4n) is 11.4. The van der Waals surface area contributed by atoms with Gasteiger partial charge in [0.05, 0.1) is 31.5 Å². The van der Waals surface area contributed by atoms with E-state index in [2.05, 4.69) is 99.7 Å². The Morgan fingerprint density at radius 3 is 1.51 bits per heavy atom. The quantitative estimate of drug-likeness (QED) is 0.0970. The second-order valence-electron chi connectivity index (χ2n) is 20.8.